The molecule has 0 atom stereocenters. The first kappa shape index (κ1) is 17.1. The molecule has 2 rings (SSSR count). The van der Waals surface area contributed by atoms with Crippen LogP contribution in [0, 0.1) is 0 Å². The number of hydrogen-bond acceptors (Lipinski definition) is 3. The van der Waals surface area contributed by atoms with Crippen LogP contribution in [0.25, 0.3) is 0 Å². The summed E-state index contributed by atoms with van der Waals surface area (Å²) >= 11 is 11.8. The van der Waals surface area contributed by atoms with E-state index in [2.05, 4.69) is 4.99 Å². The molecular weight excluding hydrogens is 327 g/mol. The van der Waals surface area contributed by atoms with Gasteiger partial charge >= 0.3 is 0 Å². The van der Waals surface area contributed by atoms with E-state index in [1.165, 1.54) is 6.07 Å². The predicted octanol–water partition coefficient (Wildman–Crippen LogP) is 3.25. The molecule has 1 aliphatic rings. The van der Waals surface area contributed by atoms with Crippen LogP contribution in [-0.4, -0.2) is 50.2 Å². The van der Waals surface area contributed by atoms with Gasteiger partial charge in [-0.1, -0.05) is 23.2 Å². The smallest absolute Gasteiger partial charge is 0.295 e. The maximum Gasteiger partial charge on any atom is 0.295 e. The number of ether oxygens (including phenoxy) is 2. The Balaban J connectivity index is 2.14. The summed E-state index contributed by atoms with van der Waals surface area (Å²) in [6.45, 7) is 2.45. The highest BCUT2D eigenvalue weighted by atomic mass is 35.5. The average molecular weight is 345 g/mol. The zero-order valence-electron chi connectivity index (χ0n) is 12.3. The molecule has 0 radical (unpaired) electrons. The molecule has 22 heavy (non-hydrogen) atoms. The summed E-state index contributed by atoms with van der Waals surface area (Å²) in [5.41, 5.74) is 0.376. The maximum absolute atomic E-state index is 12.3. The van der Waals surface area contributed by atoms with Gasteiger partial charge in [0.25, 0.3) is 11.9 Å². The van der Waals surface area contributed by atoms with Crippen molar-refractivity contribution >= 4 is 35.1 Å². The Kier molecular flexibility index (Phi) is 6.49. The van der Waals surface area contributed by atoms with E-state index in [0.29, 0.717) is 34.8 Å². The van der Waals surface area contributed by atoms with Gasteiger partial charge in [-0.25, -0.2) is 0 Å². The van der Waals surface area contributed by atoms with Gasteiger partial charge < -0.3 is 14.4 Å². The maximum atomic E-state index is 12.3. The van der Waals surface area contributed by atoms with Crippen molar-refractivity contribution in [3.8, 4) is 0 Å². The summed E-state index contributed by atoms with van der Waals surface area (Å²) in [4.78, 5) is 18.3. The van der Waals surface area contributed by atoms with Gasteiger partial charge in [-0.05, 0) is 31.0 Å². The minimum atomic E-state index is -0.405. The molecule has 5 nitrogen and oxygen atoms in total. The second kappa shape index (κ2) is 8.36. The molecule has 0 aromatic heterocycles. The molecule has 0 aliphatic carbocycles. The van der Waals surface area contributed by atoms with Gasteiger partial charge in [0.1, 0.15) is 6.61 Å². The summed E-state index contributed by atoms with van der Waals surface area (Å²) in [6, 6.07) is 5.02. The van der Waals surface area contributed by atoms with Crippen LogP contribution in [0.1, 0.15) is 23.2 Å². The molecule has 7 heteroatoms. The van der Waals surface area contributed by atoms with E-state index in [0.717, 1.165) is 25.9 Å². The van der Waals surface area contributed by atoms with Crippen molar-refractivity contribution in [2.24, 2.45) is 4.99 Å². The van der Waals surface area contributed by atoms with E-state index in [4.69, 9.17) is 32.7 Å². The molecular formula is C15H18Cl2N2O3. The monoisotopic (exact) mass is 344 g/mol. The zero-order valence-corrected chi connectivity index (χ0v) is 13.9. The van der Waals surface area contributed by atoms with Gasteiger partial charge in [0.05, 0.1) is 16.7 Å². The van der Waals surface area contributed by atoms with E-state index in [1.54, 1.807) is 19.2 Å². The lowest BCUT2D eigenvalue weighted by Gasteiger charge is -2.19. The van der Waals surface area contributed by atoms with Crippen LogP contribution < -0.4 is 0 Å². The van der Waals surface area contributed by atoms with Gasteiger partial charge in [-0.3, -0.25) is 4.79 Å². The molecule has 0 bridgehead atoms. The molecule has 1 aliphatic heterocycles. The van der Waals surface area contributed by atoms with E-state index < -0.39 is 5.91 Å². The molecule has 1 saturated heterocycles. The molecule has 1 fully saturated rings. The average Bonchev–Trinajstić information content (AvgIpc) is 3.03. The third-order valence-electron chi connectivity index (χ3n) is 3.26. The van der Waals surface area contributed by atoms with Crippen LogP contribution in [0.4, 0.5) is 0 Å². The highest BCUT2D eigenvalue weighted by Gasteiger charge is 2.19. The molecule has 120 valence electrons. The summed E-state index contributed by atoms with van der Waals surface area (Å²) in [7, 11) is 1.59. The van der Waals surface area contributed by atoms with Crippen LogP contribution >= 0.6 is 23.2 Å². The number of methoxy groups -OCH3 is 1. The second-order valence-electron chi connectivity index (χ2n) is 4.86. The fourth-order valence-corrected chi connectivity index (χ4v) is 2.40. The lowest BCUT2D eigenvalue weighted by atomic mass is 10.2. The van der Waals surface area contributed by atoms with E-state index >= 15 is 0 Å². The first-order valence-electron chi connectivity index (χ1n) is 7.06. The summed E-state index contributed by atoms with van der Waals surface area (Å²) in [6.07, 6.45) is 2.13. The Hall–Kier alpha value is -1.30. The van der Waals surface area contributed by atoms with Crippen LogP contribution in [-0.2, 0) is 9.47 Å². The van der Waals surface area contributed by atoms with Crippen molar-refractivity contribution in [3.05, 3.63) is 33.8 Å². The largest absolute Gasteiger partial charge is 0.462 e. The first-order chi connectivity index (χ1) is 10.6. The summed E-state index contributed by atoms with van der Waals surface area (Å²) in [5, 5.41) is 0.726. The van der Waals surface area contributed by atoms with E-state index in [1.807, 2.05) is 4.90 Å². The lowest BCUT2D eigenvalue weighted by Crippen LogP contribution is -2.32. The lowest BCUT2D eigenvalue weighted by molar-refractivity contribution is 0.0984. The fourth-order valence-electron chi connectivity index (χ4n) is 2.10. The number of hydrogen-bond donors (Lipinski definition) is 0. The van der Waals surface area contributed by atoms with Crippen molar-refractivity contribution < 1.29 is 14.3 Å². The fraction of sp³-hybridized carbons (Fsp3) is 0.467. The Bertz CT molecular complexity index is 558. The van der Waals surface area contributed by atoms with Crippen molar-refractivity contribution in [2.75, 3.05) is 33.4 Å². The quantitative estimate of drug-likeness (QED) is 0.478. The van der Waals surface area contributed by atoms with Gasteiger partial charge in [0, 0.05) is 25.8 Å². The predicted molar refractivity (Wildman–Crippen MR) is 86.9 cm³/mol. The van der Waals surface area contributed by atoms with E-state index in [9.17, 15) is 4.79 Å². The molecule has 1 heterocycles. The summed E-state index contributed by atoms with van der Waals surface area (Å²) in [5.74, 6) is -0.405. The number of amides is 1. The zero-order chi connectivity index (χ0) is 15.9. The normalized spacial score (nSPS) is 15.2. The molecule has 1 aromatic carbocycles. The summed E-state index contributed by atoms with van der Waals surface area (Å²) < 4.78 is 10.5. The third-order valence-corrected chi connectivity index (χ3v) is 4.00. The van der Waals surface area contributed by atoms with Gasteiger partial charge in [-0.15, -0.1) is 0 Å². The number of likely N-dealkylation sites (tertiary alicyclic amines) is 1. The Labute approximate surface area is 139 Å². The van der Waals surface area contributed by atoms with Crippen LogP contribution in [0.2, 0.25) is 10.0 Å². The number of benzene rings is 1. The highest BCUT2D eigenvalue weighted by Crippen LogP contribution is 2.23. The molecule has 0 saturated carbocycles. The number of aliphatic imine (C=N–C) groups is 1. The molecule has 0 N–H and O–H groups in total. The SMILES string of the molecule is COCCOC(=NC(=O)c1ccc(Cl)c(Cl)c1)N1CCCC1. The Morgan fingerprint density at radius 3 is 2.59 bits per heavy atom. The van der Waals surface area contributed by atoms with Crippen molar-refractivity contribution in [2.45, 2.75) is 12.8 Å². The standard InChI is InChI=1S/C15H18Cl2N2O3/c1-21-8-9-22-15(19-6-2-3-7-19)18-14(20)11-4-5-12(16)13(17)10-11/h4-5,10H,2-3,6-9H2,1H3. The van der Waals surface area contributed by atoms with E-state index in [-0.39, 0.29) is 0 Å². The minimum Gasteiger partial charge on any atom is -0.462 e. The topological polar surface area (TPSA) is 51.1 Å². The minimum absolute atomic E-state index is 0.325. The Morgan fingerprint density at radius 2 is 1.95 bits per heavy atom. The van der Waals surface area contributed by atoms with Crippen LogP contribution in [0.15, 0.2) is 23.2 Å². The number of halogens is 2. The van der Waals surface area contributed by atoms with Crippen molar-refractivity contribution in [1.29, 1.82) is 0 Å². The number of carbonyl (C=O) groups excluding carboxylic acids is 1. The number of amidine groups is 1. The molecule has 1 aromatic rings. The number of carbonyl (C=O) groups is 1. The third kappa shape index (κ3) is 4.60. The van der Waals surface area contributed by atoms with Gasteiger partial charge in [-0.2, -0.15) is 4.99 Å². The van der Waals surface area contributed by atoms with Crippen LogP contribution in [0.3, 0.4) is 0 Å². The number of rotatable bonds is 4. The van der Waals surface area contributed by atoms with Gasteiger partial charge in [0.15, 0.2) is 0 Å². The van der Waals surface area contributed by atoms with Crippen molar-refractivity contribution in [3.63, 3.8) is 0 Å². The number of nitrogens with zero attached hydrogens (tertiary/aromatic N) is 2. The Morgan fingerprint density at radius 1 is 1.23 bits per heavy atom. The second-order valence-corrected chi connectivity index (χ2v) is 5.68. The highest BCUT2D eigenvalue weighted by molar-refractivity contribution is 6.42. The van der Waals surface area contributed by atoms with Crippen molar-refractivity contribution in [1.82, 2.24) is 4.90 Å². The first-order valence-corrected chi connectivity index (χ1v) is 7.82. The molecule has 0 unspecified atom stereocenters. The molecule has 0 spiro atoms. The van der Waals surface area contributed by atoms with Gasteiger partial charge in [0.2, 0.25) is 0 Å². The molecule has 1 amide bonds. The van der Waals surface area contributed by atoms with Crippen LogP contribution in [0.5, 0.6) is 0 Å².